The van der Waals surface area contributed by atoms with Gasteiger partial charge in [0.05, 0.1) is 0 Å². The molecule has 0 aliphatic carbocycles. The third-order valence-corrected chi connectivity index (χ3v) is 2.59. The van der Waals surface area contributed by atoms with Crippen molar-refractivity contribution in [3.8, 4) is 0 Å². The van der Waals surface area contributed by atoms with E-state index in [2.05, 4.69) is 0 Å². The van der Waals surface area contributed by atoms with Gasteiger partial charge in [0, 0.05) is 18.3 Å². The summed E-state index contributed by atoms with van der Waals surface area (Å²) < 4.78 is 36.9. The monoisotopic (exact) mass is 274 g/mol. The molecule has 0 atom stereocenters. The number of carbonyl (C=O) groups is 1. The lowest BCUT2D eigenvalue weighted by molar-refractivity contribution is -0.152. The first-order valence-corrected chi connectivity index (χ1v) is 5.92. The zero-order valence-electron chi connectivity index (χ0n) is 10.9. The molecule has 1 aromatic rings. The molecule has 0 saturated carbocycles. The van der Waals surface area contributed by atoms with E-state index in [-0.39, 0.29) is 6.04 Å². The summed E-state index contributed by atoms with van der Waals surface area (Å²) in [6.45, 7) is 3.69. The number of halogens is 3. The average molecular weight is 274 g/mol. The molecular weight excluding hydrogens is 257 g/mol. The fraction of sp³-hybridized carbons (Fsp3) is 0.462. The van der Waals surface area contributed by atoms with E-state index in [1.807, 2.05) is 0 Å². The molecule has 0 saturated heterocycles. The zero-order valence-corrected chi connectivity index (χ0v) is 10.9. The highest BCUT2D eigenvalue weighted by Gasteiger charge is 2.34. The van der Waals surface area contributed by atoms with Crippen LogP contribution in [0.2, 0.25) is 0 Å². The molecule has 0 aliphatic heterocycles. The molecule has 0 radical (unpaired) electrons. The van der Waals surface area contributed by atoms with Crippen molar-refractivity contribution < 1.29 is 18.0 Å². The van der Waals surface area contributed by atoms with Crippen molar-refractivity contribution in [1.82, 2.24) is 0 Å². The molecule has 0 fully saturated rings. The molecule has 0 bridgehead atoms. The molecule has 1 amide bonds. The summed E-state index contributed by atoms with van der Waals surface area (Å²) >= 11 is 0. The lowest BCUT2D eigenvalue weighted by Gasteiger charge is -2.27. The van der Waals surface area contributed by atoms with Gasteiger partial charge < -0.3 is 10.6 Å². The summed E-state index contributed by atoms with van der Waals surface area (Å²) in [5, 5.41) is 0. The second kappa shape index (κ2) is 6.06. The predicted octanol–water partition coefficient (Wildman–Crippen LogP) is 2.84. The van der Waals surface area contributed by atoms with Crippen LogP contribution in [0, 0.1) is 0 Å². The Morgan fingerprint density at radius 3 is 2.16 bits per heavy atom. The fourth-order valence-electron chi connectivity index (χ4n) is 1.78. The third kappa shape index (κ3) is 4.55. The van der Waals surface area contributed by atoms with Crippen LogP contribution in [0.15, 0.2) is 24.3 Å². The van der Waals surface area contributed by atoms with Crippen molar-refractivity contribution in [2.24, 2.45) is 5.73 Å². The molecule has 0 unspecified atom stereocenters. The van der Waals surface area contributed by atoms with Crippen molar-refractivity contribution in [3.63, 3.8) is 0 Å². The minimum absolute atomic E-state index is 0.346. The first-order valence-electron chi connectivity index (χ1n) is 5.92. The van der Waals surface area contributed by atoms with Crippen molar-refractivity contribution >= 4 is 11.6 Å². The van der Waals surface area contributed by atoms with E-state index >= 15 is 0 Å². The Morgan fingerprint density at radius 1 is 1.26 bits per heavy atom. The summed E-state index contributed by atoms with van der Waals surface area (Å²) in [6.07, 6.45) is -5.95. The minimum Gasteiger partial charge on any atom is -0.326 e. The molecule has 2 N–H and O–H groups in total. The van der Waals surface area contributed by atoms with Crippen molar-refractivity contribution in [3.05, 3.63) is 29.8 Å². The topological polar surface area (TPSA) is 46.3 Å². The van der Waals surface area contributed by atoms with Crippen LogP contribution in [0.4, 0.5) is 18.9 Å². The van der Waals surface area contributed by atoms with E-state index in [0.29, 0.717) is 12.2 Å². The number of alkyl halides is 3. The Hall–Kier alpha value is -1.56. The second-order valence-corrected chi connectivity index (χ2v) is 4.52. The van der Waals surface area contributed by atoms with E-state index in [4.69, 9.17) is 5.73 Å². The Bertz CT molecular complexity index is 427. The number of benzene rings is 1. The van der Waals surface area contributed by atoms with Gasteiger partial charge in [0.1, 0.15) is 6.42 Å². The van der Waals surface area contributed by atoms with Gasteiger partial charge in [-0.2, -0.15) is 13.2 Å². The van der Waals surface area contributed by atoms with Crippen LogP contribution < -0.4 is 10.6 Å². The lowest BCUT2D eigenvalue weighted by atomic mass is 10.1. The third-order valence-electron chi connectivity index (χ3n) is 2.59. The first kappa shape index (κ1) is 15.5. The van der Waals surface area contributed by atoms with Gasteiger partial charge >= 0.3 is 6.18 Å². The highest BCUT2D eigenvalue weighted by atomic mass is 19.4. The van der Waals surface area contributed by atoms with Gasteiger partial charge in [-0.3, -0.25) is 4.79 Å². The van der Waals surface area contributed by atoms with Crippen molar-refractivity contribution in [2.45, 2.75) is 39.0 Å². The Balaban J connectivity index is 2.96. The predicted molar refractivity (Wildman–Crippen MR) is 67.6 cm³/mol. The maximum atomic E-state index is 12.3. The molecule has 0 aliphatic rings. The van der Waals surface area contributed by atoms with Gasteiger partial charge in [-0.15, -0.1) is 0 Å². The molecule has 19 heavy (non-hydrogen) atoms. The van der Waals surface area contributed by atoms with E-state index in [9.17, 15) is 18.0 Å². The van der Waals surface area contributed by atoms with Gasteiger partial charge in [0.2, 0.25) is 5.91 Å². The largest absolute Gasteiger partial charge is 0.397 e. The Labute approximate surface area is 110 Å². The highest BCUT2D eigenvalue weighted by Crippen LogP contribution is 2.25. The van der Waals surface area contributed by atoms with Crippen LogP contribution in [0.5, 0.6) is 0 Å². The quantitative estimate of drug-likeness (QED) is 0.917. The second-order valence-electron chi connectivity index (χ2n) is 4.52. The molecule has 3 nitrogen and oxygen atoms in total. The van der Waals surface area contributed by atoms with Crippen LogP contribution >= 0.6 is 0 Å². The van der Waals surface area contributed by atoms with Gasteiger partial charge in [-0.25, -0.2) is 0 Å². The Morgan fingerprint density at radius 2 is 1.79 bits per heavy atom. The highest BCUT2D eigenvalue weighted by molar-refractivity contribution is 5.94. The standard InChI is InChI=1S/C13H17F3N2O/c1-9(2)18(12(19)7-13(14,15)16)11-5-3-10(8-17)4-6-11/h3-6,9H,7-8,17H2,1-2H3. The number of nitrogens with two attached hydrogens (primary N) is 1. The number of rotatable bonds is 4. The summed E-state index contributed by atoms with van der Waals surface area (Å²) in [5.74, 6) is -0.956. The number of anilines is 1. The van der Waals surface area contributed by atoms with E-state index in [0.717, 1.165) is 10.5 Å². The van der Waals surface area contributed by atoms with Crippen LogP contribution in [0.1, 0.15) is 25.8 Å². The molecule has 1 rings (SSSR count). The molecule has 1 aromatic carbocycles. The van der Waals surface area contributed by atoms with E-state index in [1.54, 1.807) is 38.1 Å². The minimum atomic E-state index is -4.50. The van der Waals surface area contributed by atoms with Gasteiger partial charge in [0.15, 0.2) is 0 Å². The summed E-state index contributed by atoms with van der Waals surface area (Å²) in [4.78, 5) is 12.9. The molecule has 0 aromatic heterocycles. The normalized spacial score (nSPS) is 11.7. The van der Waals surface area contributed by atoms with Crippen LogP contribution in [0.25, 0.3) is 0 Å². The summed E-state index contributed by atoms with van der Waals surface area (Å²) in [6, 6.07) is 6.27. The van der Waals surface area contributed by atoms with Gasteiger partial charge in [-0.1, -0.05) is 12.1 Å². The lowest BCUT2D eigenvalue weighted by Crippen LogP contribution is -2.39. The van der Waals surface area contributed by atoms with E-state index in [1.165, 1.54) is 0 Å². The van der Waals surface area contributed by atoms with Crippen LogP contribution in [-0.4, -0.2) is 18.1 Å². The number of nitrogens with zero attached hydrogens (tertiary/aromatic N) is 1. The van der Waals surface area contributed by atoms with Crippen LogP contribution in [0.3, 0.4) is 0 Å². The van der Waals surface area contributed by atoms with Crippen molar-refractivity contribution in [1.29, 1.82) is 0 Å². The Kier molecular flexibility index (Phi) is 4.94. The molecular formula is C13H17F3N2O. The zero-order chi connectivity index (χ0) is 14.6. The average Bonchev–Trinajstić information content (AvgIpc) is 2.27. The first-order chi connectivity index (χ1) is 8.74. The SMILES string of the molecule is CC(C)N(C(=O)CC(F)(F)F)c1ccc(CN)cc1. The summed E-state index contributed by atoms with van der Waals surface area (Å²) in [5.41, 5.74) is 6.75. The van der Waals surface area contributed by atoms with E-state index < -0.39 is 18.5 Å². The fourth-order valence-corrected chi connectivity index (χ4v) is 1.78. The van der Waals surface area contributed by atoms with Crippen LogP contribution in [-0.2, 0) is 11.3 Å². The maximum Gasteiger partial charge on any atom is 0.397 e. The van der Waals surface area contributed by atoms with Gasteiger partial charge in [-0.05, 0) is 31.5 Å². The molecule has 106 valence electrons. The molecule has 6 heteroatoms. The summed E-state index contributed by atoms with van der Waals surface area (Å²) in [7, 11) is 0. The molecule has 0 spiro atoms. The molecule has 0 heterocycles. The number of amides is 1. The number of carbonyl (C=O) groups excluding carboxylic acids is 1. The maximum absolute atomic E-state index is 12.3. The number of hydrogen-bond acceptors (Lipinski definition) is 2. The smallest absolute Gasteiger partial charge is 0.326 e. The van der Waals surface area contributed by atoms with Crippen molar-refractivity contribution in [2.75, 3.05) is 4.90 Å². The number of hydrogen-bond donors (Lipinski definition) is 1. The van der Waals surface area contributed by atoms with Gasteiger partial charge in [0.25, 0.3) is 0 Å².